The zero-order valence-corrected chi connectivity index (χ0v) is 14.1. The molecule has 0 spiro atoms. The third kappa shape index (κ3) is 4.00. The van der Waals surface area contributed by atoms with Crippen molar-refractivity contribution in [2.45, 2.75) is 40.2 Å². The Morgan fingerprint density at radius 3 is 2.74 bits per heavy atom. The maximum atomic E-state index is 12.4. The van der Waals surface area contributed by atoms with Gasteiger partial charge in [-0.15, -0.1) is 0 Å². The van der Waals surface area contributed by atoms with Gasteiger partial charge in [-0.1, -0.05) is 0 Å². The van der Waals surface area contributed by atoms with Crippen LogP contribution in [0.3, 0.4) is 0 Å². The van der Waals surface area contributed by atoms with Crippen LogP contribution in [0, 0.1) is 12.1 Å². The molecule has 0 aliphatic rings. The first-order valence-corrected chi connectivity index (χ1v) is 7.47. The average molecular weight is 318 g/mol. The first kappa shape index (κ1) is 16.8. The molecule has 2 heterocycles. The highest BCUT2D eigenvalue weighted by atomic mass is 16.6. The highest BCUT2D eigenvalue weighted by molar-refractivity contribution is 5.88. The lowest BCUT2D eigenvalue weighted by atomic mass is 10.2. The van der Waals surface area contributed by atoms with Gasteiger partial charge in [0, 0.05) is 12.6 Å². The van der Waals surface area contributed by atoms with Gasteiger partial charge in [-0.25, -0.2) is 9.48 Å². The second-order valence-corrected chi connectivity index (χ2v) is 6.19. The van der Waals surface area contributed by atoms with Crippen LogP contribution >= 0.6 is 0 Å². The van der Waals surface area contributed by atoms with E-state index in [1.807, 2.05) is 34.6 Å². The van der Waals surface area contributed by atoms with Crippen LogP contribution in [0.5, 0.6) is 0 Å². The highest BCUT2D eigenvalue weighted by Gasteiger charge is 2.25. The second kappa shape index (κ2) is 6.28. The predicted molar refractivity (Wildman–Crippen MR) is 86.5 cm³/mol. The van der Waals surface area contributed by atoms with Crippen LogP contribution in [0.1, 0.15) is 33.4 Å². The van der Waals surface area contributed by atoms with Gasteiger partial charge in [0.25, 0.3) is 0 Å². The maximum Gasteiger partial charge on any atom is 0.414 e. The summed E-state index contributed by atoms with van der Waals surface area (Å²) in [6.45, 7) is 9.61. The third-order valence-electron chi connectivity index (χ3n) is 3.12. The molecule has 23 heavy (non-hydrogen) atoms. The van der Waals surface area contributed by atoms with Crippen molar-refractivity contribution in [2.75, 3.05) is 11.4 Å². The van der Waals surface area contributed by atoms with Crippen molar-refractivity contribution >= 4 is 11.8 Å². The normalized spacial score (nSPS) is 11.3. The summed E-state index contributed by atoms with van der Waals surface area (Å²) in [6.07, 6.45) is 4.12. The molecule has 2 aromatic heterocycles. The Morgan fingerprint density at radius 1 is 1.48 bits per heavy atom. The standard InChI is InChI=1S/C16H22N4O3/c1-6-19(15(21)23-16(3,4)5)14-11-20(17-12(14)2)13-8-7-9-18(22)10-13/h7-11H,6H2,1-5H3. The minimum atomic E-state index is -0.568. The topological polar surface area (TPSA) is 74.3 Å². The predicted octanol–water partition coefficient (Wildman–Crippen LogP) is 2.58. The molecule has 124 valence electrons. The van der Waals surface area contributed by atoms with E-state index in [0.29, 0.717) is 28.3 Å². The van der Waals surface area contributed by atoms with Crippen molar-refractivity contribution in [1.29, 1.82) is 0 Å². The number of rotatable bonds is 3. The maximum absolute atomic E-state index is 12.4. The van der Waals surface area contributed by atoms with E-state index in [-0.39, 0.29) is 0 Å². The van der Waals surface area contributed by atoms with Crippen LogP contribution in [0.4, 0.5) is 10.5 Å². The molecule has 0 radical (unpaired) electrons. The van der Waals surface area contributed by atoms with Gasteiger partial charge in [-0.05, 0) is 40.7 Å². The van der Waals surface area contributed by atoms with E-state index < -0.39 is 11.7 Å². The smallest absolute Gasteiger partial charge is 0.414 e. The molecule has 7 heteroatoms. The molecule has 0 aromatic carbocycles. The van der Waals surface area contributed by atoms with Crippen LogP contribution in [-0.4, -0.2) is 28.0 Å². The Balaban J connectivity index is 2.34. The number of nitrogens with zero attached hydrogens (tertiary/aromatic N) is 4. The van der Waals surface area contributed by atoms with Crippen LogP contribution < -0.4 is 9.63 Å². The van der Waals surface area contributed by atoms with E-state index in [1.165, 1.54) is 17.3 Å². The summed E-state index contributed by atoms with van der Waals surface area (Å²) < 4.78 is 7.71. The summed E-state index contributed by atoms with van der Waals surface area (Å²) in [5, 5.41) is 15.8. The molecule has 1 amide bonds. The molecule has 0 bridgehead atoms. The van der Waals surface area contributed by atoms with Crippen LogP contribution in [0.15, 0.2) is 30.7 Å². The van der Waals surface area contributed by atoms with E-state index in [1.54, 1.807) is 23.0 Å². The fraction of sp³-hybridized carbons (Fsp3) is 0.438. The Bertz CT molecular complexity index is 704. The Kier molecular flexibility index (Phi) is 4.58. The molecule has 0 fully saturated rings. The lowest BCUT2D eigenvalue weighted by molar-refractivity contribution is -0.605. The lowest BCUT2D eigenvalue weighted by Gasteiger charge is -2.26. The number of pyridine rings is 1. The number of carbonyl (C=O) groups excluding carboxylic acids is 1. The summed E-state index contributed by atoms with van der Waals surface area (Å²) in [5.74, 6) is 0. The quantitative estimate of drug-likeness (QED) is 0.644. The lowest BCUT2D eigenvalue weighted by Crippen LogP contribution is -2.36. The molecule has 0 saturated carbocycles. The highest BCUT2D eigenvalue weighted by Crippen LogP contribution is 2.23. The minimum Gasteiger partial charge on any atom is -0.619 e. The van der Waals surface area contributed by atoms with Crippen molar-refractivity contribution in [3.05, 3.63) is 41.6 Å². The zero-order chi connectivity index (χ0) is 17.2. The van der Waals surface area contributed by atoms with Gasteiger partial charge in [-0.2, -0.15) is 9.83 Å². The van der Waals surface area contributed by atoms with E-state index in [9.17, 15) is 10.0 Å². The third-order valence-corrected chi connectivity index (χ3v) is 3.12. The molecule has 7 nitrogen and oxygen atoms in total. The van der Waals surface area contributed by atoms with E-state index in [2.05, 4.69) is 5.10 Å². The molecule has 2 aromatic rings. The number of hydrogen-bond donors (Lipinski definition) is 0. The zero-order valence-electron chi connectivity index (χ0n) is 14.1. The van der Waals surface area contributed by atoms with Crippen LogP contribution in [0.25, 0.3) is 5.69 Å². The number of aryl methyl sites for hydroxylation is 1. The summed E-state index contributed by atoms with van der Waals surface area (Å²) >= 11 is 0. The van der Waals surface area contributed by atoms with Crippen LogP contribution in [-0.2, 0) is 4.74 Å². The number of amides is 1. The van der Waals surface area contributed by atoms with Gasteiger partial charge in [0.2, 0.25) is 6.20 Å². The largest absolute Gasteiger partial charge is 0.619 e. The van der Waals surface area contributed by atoms with E-state index in [0.717, 1.165) is 0 Å². The van der Waals surface area contributed by atoms with Gasteiger partial charge < -0.3 is 9.94 Å². The minimum absolute atomic E-state index is 0.422. The van der Waals surface area contributed by atoms with E-state index in [4.69, 9.17) is 4.74 Å². The van der Waals surface area contributed by atoms with Gasteiger partial charge in [0.15, 0.2) is 6.20 Å². The summed E-state index contributed by atoms with van der Waals surface area (Å²) in [7, 11) is 0. The first-order valence-electron chi connectivity index (χ1n) is 7.47. The van der Waals surface area contributed by atoms with Crippen molar-refractivity contribution in [3.8, 4) is 5.69 Å². The Morgan fingerprint density at radius 2 is 2.17 bits per heavy atom. The summed E-state index contributed by atoms with van der Waals surface area (Å²) in [6, 6.07) is 3.42. The fourth-order valence-electron chi connectivity index (χ4n) is 2.14. The molecule has 2 rings (SSSR count). The molecule has 0 saturated heterocycles. The Hall–Kier alpha value is -2.57. The SMILES string of the molecule is CCN(C(=O)OC(C)(C)C)c1cn(-c2ccc[n+]([O-])c2)nc1C. The number of aromatic nitrogens is 3. The number of anilines is 1. The van der Waals surface area contributed by atoms with Crippen molar-refractivity contribution in [2.24, 2.45) is 0 Å². The molecule has 0 atom stereocenters. The molecule has 0 aliphatic carbocycles. The van der Waals surface area contributed by atoms with Gasteiger partial charge in [0.05, 0.1) is 17.6 Å². The molecular formula is C16H22N4O3. The number of carbonyl (C=O) groups is 1. The molecule has 0 unspecified atom stereocenters. The average Bonchev–Trinajstić information content (AvgIpc) is 2.80. The molecular weight excluding hydrogens is 296 g/mol. The summed E-state index contributed by atoms with van der Waals surface area (Å²) in [4.78, 5) is 13.9. The number of hydrogen-bond acceptors (Lipinski definition) is 4. The van der Waals surface area contributed by atoms with Gasteiger partial charge in [0.1, 0.15) is 11.3 Å². The number of ether oxygens (including phenoxy) is 1. The van der Waals surface area contributed by atoms with Gasteiger partial charge in [-0.3, -0.25) is 4.90 Å². The fourth-order valence-corrected chi connectivity index (χ4v) is 2.14. The Labute approximate surface area is 135 Å². The first-order chi connectivity index (χ1) is 10.7. The monoisotopic (exact) mass is 318 g/mol. The van der Waals surface area contributed by atoms with Crippen molar-refractivity contribution in [3.63, 3.8) is 0 Å². The van der Waals surface area contributed by atoms with E-state index >= 15 is 0 Å². The molecule has 0 N–H and O–H groups in total. The summed E-state index contributed by atoms with van der Waals surface area (Å²) in [5.41, 5.74) is 1.39. The van der Waals surface area contributed by atoms with Crippen LogP contribution in [0.2, 0.25) is 0 Å². The van der Waals surface area contributed by atoms with Gasteiger partial charge >= 0.3 is 6.09 Å². The van der Waals surface area contributed by atoms with Crippen molar-refractivity contribution < 1.29 is 14.3 Å². The molecule has 0 aliphatic heterocycles. The van der Waals surface area contributed by atoms with Crippen molar-refractivity contribution in [1.82, 2.24) is 9.78 Å². The second-order valence-electron chi connectivity index (χ2n) is 6.19.